The number of nitrogens with two attached hydrogens (primary N) is 5. The van der Waals surface area contributed by atoms with Gasteiger partial charge in [-0.05, 0) is 172 Å². The number of rotatable bonds is 25. The van der Waals surface area contributed by atoms with E-state index in [0.717, 1.165) is 0 Å². The molecule has 0 saturated heterocycles. The third-order valence-electron chi connectivity index (χ3n) is 24.0. The predicted octanol–water partition coefficient (Wildman–Crippen LogP) is 3.48. The lowest BCUT2D eigenvalue weighted by atomic mass is 9.72. The standard InChI is InChI=1S/C29H38N2O8.C27H35N3O8.C27H35N3O7/c1-6-23(35)31-29(18(4)33)25(30)21(14-19-10-8-11-20(13-19)17(3)32)28(38,27(29,5)37)15-39-26(36)24-16(2)9-7-12-22(24)34;1-14-7-5-10-20(33)21(14)23(34)38-13-26(37)19(12-17-8-6-9-18(11-17)15(2)31)22(28)27(16(3)32,25(26,4)36)30-24(29)35;1-5-26(30-24(29)34)22(28)19(13-17-9-7-10-18(12-17)16(3)31)27(36,25(26,4)35)14-37-23(33)21-15(2)8-6-11-20(21)32/h7-13,18,21,25,33-34,37-38H,6,14-15,30H2,1-5H3,(H,31,35);5-11,16,19,22,32-33,36-37H,12-13,28H2,1-4H3,(H3,29,30,35);6-12,19,22,32,35-36H,5,13-14,28H2,1-4H3,(H3,29,30,34)/t18-,21-,25-,27-,28+,29-;16-,19-,22-,25-,26+,27-;19-,22-,25+,26-,27+/m000/s1. The van der Waals surface area contributed by atoms with E-state index in [4.69, 9.17) is 42.9 Å². The highest BCUT2D eigenvalue weighted by Crippen LogP contribution is 2.56. The van der Waals surface area contributed by atoms with Gasteiger partial charge in [-0.25, -0.2) is 24.0 Å². The summed E-state index contributed by atoms with van der Waals surface area (Å²) in [5.41, 5.74) is 15.7. The number of aryl methyl sites for hydroxylation is 3. The molecular formula is C83H108N8O23. The van der Waals surface area contributed by atoms with Crippen molar-refractivity contribution in [3.05, 3.63) is 194 Å². The molecule has 0 bridgehead atoms. The van der Waals surface area contributed by atoms with Crippen LogP contribution in [-0.4, -0.2) is 210 Å². The van der Waals surface area contributed by atoms with Crippen molar-refractivity contribution in [2.45, 2.75) is 203 Å². The molecule has 17 atom stereocenters. The van der Waals surface area contributed by atoms with Crippen LogP contribution in [0.25, 0.3) is 0 Å². The van der Waals surface area contributed by atoms with Gasteiger partial charge < -0.3 is 115 Å². The van der Waals surface area contributed by atoms with Crippen LogP contribution in [0.4, 0.5) is 9.59 Å². The van der Waals surface area contributed by atoms with E-state index in [1.165, 1.54) is 73.6 Å². The van der Waals surface area contributed by atoms with Crippen LogP contribution in [0.5, 0.6) is 17.2 Å². The first-order valence-corrected chi connectivity index (χ1v) is 37.0. The third kappa shape index (κ3) is 16.5. The summed E-state index contributed by atoms with van der Waals surface area (Å²) in [5.74, 6) is -7.91. The van der Waals surface area contributed by atoms with Gasteiger partial charge in [-0.3, -0.25) is 19.2 Å². The summed E-state index contributed by atoms with van der Waals surface area (Å²) in [7, 11) is 0. The van der Waals surface area contributed by atoms with Crippen molar-refractivity contribution < 1.29 is 114 Å². The van der Waals surface area contributed by atoms with Crippen molar-refractivity contribution in [2.75, 3.05) is 19.8 Å². The lowest BCUT2D eigenvalue weighted by Crippen LogP contribution is -2.76. The summed E-state index contributed by atoms with van der Waals surface area (Å²) in [6, 6.07) is 27.9. The molecule has 0 aliphatic heterocycles. The van der Waals surface area contributed by atoms with Gasteiger partial charge in [-0.2, -0.15) is 0 Å². The number of ether oxygens (including phenoxy) is 3. The Morgan fingerprint density at radius 2 is 0.711 bits per heavy atom. The molecule has 0 radical (unpaired) electrons. The molecule has 0 heterocycles. The minimum atomic E-state index is -2.39. The molecule has 6 aromatic rings. The second kappa shape index (κ2) is 34.8. The second-order valence-corrected chi connectivity index (χ2v) is 30.7. The zero-order valence-corrected chi connectivity index (χ0v) is 66.1. The number of phenols is 3. The van der Waals surface area contributed by atoms with Crippen LogP contribution in [0.3, 0.4) is 0 Å². The number of urea groups is 2. The highest BCUT2D eigenvalue weighted by Gasteiger charge is 2.78. The van der Waals surface area contributed by atoms with Crippen molar-refractivity contribution in [3.8, 4) is 17.2 Å². The normalized spacial score (nSPS) is 29.2. The van der Waals surface area contributed by atoms with E-state index < -0.39 is 154 Å². The van der Waals surface area contributed by atoms with Crippen LogP contribution in [0.15, 0.2) is 127 Å². The number of ketones is 3. The number of aliphatic hydroxyl groups excluding tert-OH is 2. The number of Topliss-reactive ketones (excluding diaryl/α,β-unsaturated/α-hetero) is 3. The maximum atomic E-state index is 13.0. The molecule has 5 amide bonds. The summed E-state index contributed by atoms with van der Waals surface area (Å²) in [6.45, 7) is 16.4. The summed E-state index contributed by atoms with van der Waals surface area (Å²) < 4.78 is 16.4. The highest BCUT2D eigenvalue weighted by molar-refractivity contribution is 5.97. The lowest BCUT2D eigenvalue weighted by molar-refractivity contribution is -0.197. The minimum Gasteiger partial charge on any atom is -0.507 e. The van der Waals surface area contributed by atoms with Gasteiger partial charge in [0.2, 0.25) is 5.91 Å². The smallest absolute Gasteiger partial charge is 0.342 e. The molecule has 3 saturated carbocycles. The van der Waals surface area contributed by atoms with Gasteiger partial charge in [-0.15, -0.1) is 0 Å². The Morgan fingerprint density at radius 1 is 0.430 bits per heavy atom. The van der Waals surface area contributed by atoms with E-state index in [1.807, 2.05) is 0 Å². The third-order valence-corrected chi connectivity index (χ3v) is 24.0. The van der Waals surface area contributed by atoms with Crippen LogP contribution < -0.4 is 44.6 Å². The zero-order chi connectivity index (χ0) is 85.7. The first kappa shape index (κ1) is 90.9. The maximum Gasteiger partial charge on any atom is 0.342 e. The Hall–Kier alpha value is -10.3. The van der Waals surface area contributed by atoms with Gasteiger partial charge >= 0.3 is 30.0 Å². The molecule has 618 valence electrons. The molecule has 0 spiro atoms. The van der Waals surface area contributed by atoms with Gasteiger partial charge in [0.05, 0.1) is 17.7 Å². The van der Waals surface area contributed by atoms with Crippen LogP contribution in [-0.2, 0) is 38.3 Å². The summed E-state index contributed by atoms with van der Waals surface area (Å²) in [6.07, 6.45) is -2.77. The first-order chi connectivity index (χ1) is 52.9. The SMILES string of the molecule is CC(=O)c1cccc(C[C@H]2[C@H](N)[C@@](NC(N)=O)([C@H](C)O)[C@@](C)(O)[C@@]2(O)COC(=O)c2c(C)cccc2O)c1.CCC(=O)N[C@@]1([C@H](C)O)[C@@H](N)[C@H](Cc2cccc(C(C)=O)c2)[C@](O)(COC(=O)c2c(C)cccc2O)[C@]1(C)O.CC[C@]1(NC(N)=O)[C@@H](N)[C@H](Cc2cccc(C(C)=O)c2)[C@](O)(COC(=O)c2c(C)cccc2O)[C@]1(C)O. The van der Waals surface area contributed by atoms with E-state index in [2.05, 4.69) is 16.0 Å². The number of hydrogen-bond acceptors (Lipinski definition) is 26. The number of aliphatic hydroxyl groups is 8. The number of carbonyl (C=O) groups excluding carboxylic acids is 9. The Labute approximate surface area is 660 Å². The van der Waals surface area contributed by atoms with E-state index in [1.54, 1.807) is 144 Å². The number of esters is 3. The number of carbonyl (C=O) groups is 9. The number of primary amides is 2. The molecule has 9 rings (SSSR count). The first-order valence-electron chi connectivity index (χ1n) is 37.0. The van der Waals surface area contributed by atoms with Crippen molar-refractivity contribution in [2.24, 2.45) is 46.4 Å². The number of nitrogens with one attached hydrogen (secondary N) is 3. The molecular weight excluding hydrogens is 1480 g/mol. The molecule has 0 aromatic heterocycles. The molecule has 6 aromatic carbocycles. The van der Waals surface area contributed by atoms with Crippen LogP contribution in [0, 0.1) is 38.5 Å². The van der Waals surface area contributed by atoms with Gasteiger partial charge in [0.15, 0.2) is 17.3 Å². The Bertz CT molecular complexity index is 4560. The highest BCUT2D eigenvalue weighted by atomic mass is 16.6. The average molecular weight is 1590 g/mol. The second-order valence-electron chi connectivity index (χ2n) is 30.7. The molecule has 31 nitrogen and oxygen atoms in total. The van der Waals surface area contributed by atoms with E-state index in [-0.39, 0.29) is 83.4 Å². The van der Waals surface area contributed by atoms with Gasteiger partial charge in [0, 0.05) is 59.0 Å². The number of aromatic hydroxyl groups is 3. The fourth-order valence-corrected chi connectivity index (χ4v) is 17.3. The van der Waals surface area contributed by atoms with Crippen molar-refractivity contribution in [1.29, 1.82) is 0 Å². The van der Waals surface area contributed by atoms with Crippen LogP contribution in [0.2, 0.25) is 0 Å². The molecule has 3 aliphatic carbocycles. The number of phenolic OH excluding ortho intramolecular Hbond substituents is 3. The molecule has 24 N–H and O–H groups in total. The summed E-state index contributed by atoms with van der Waals surface area (Å²) in [4.78, 5) is 111. The number of amides is 5. The lowest BCUT2D eigenvalue weighted by Gasteiger charge is -2.48. The summed E-state index contributed by atoms with van der Waals surface area (Å²) in [5, 5.41) is 132. The Balaban J connectivity index is 0.000000237. The van der Waals surface area contributed by atoms with Crippen LogP contribution in [0.1, 0.15) is 178 Å². The van der Waals surface area contributed by atoms with Crippen molar-refractivity contribution in [1.82, 2.24) is 16.0 Å². The predicted molar refractivity (Wildman–Crippen MR) is 417 cm³/mol. The van der Waals surface area contributed by atoms with Crippen molar-refractivity contribution >= 4 is 53.2 Å². The minimum absolute atomic E-state index is 0.0125. The van der Waals surface area contributed by atoms with Gasteiger partial charge in [0.1, 0.15) is 98.4 Å². The molecule has 0 unspecified atom stereocenters. The number of hydrogen-bond donors (Lipinski definition) is 19. The summed E-state index contributed by atoms with van der Waals surface area (Å²) >= 11 is 0. The average Bonchev–Trinajstić information content (AvgIpc) is 1.54. The zero-order valence-electron chi connectivity index (χ0n) is 66.1. The van der Waals surface area contributed by atoms with E-state index in [0.29, 0.717) is 50.1 Å². The van der Waals surface area contributed by atoms with Crippen molar-refractivity contribution in [3.63, 3.8) is 0 Å². The monoisotopic (exact) mass is 1580 g/mol. The Morgan fingerprint density at radius 3 is 0.974 bits per heavy atom. The fourth-order valence-electron chi connectivity index (χ4n) is 17.3. The van der Waals surface area contributed by atoms with Gasteiger partial charge in [0.25, 0.3) is 0 Å². The topological polar surface area (TPSA) is 570 Å². The largest absolute Gasteiger partial charge is 0.507 e. The van der Waals surface area contributed by atoms with E-state index >= 15 is 0 Å². The number of benzene rings is 6. The van der Waals surface area contributed by atoms with E-state index in [9.17, 15) is 99.3 Å². The molecule has 3 aliphatic rings. The molecule has 114 heavy (non-hydrogen) atoms. The molecule has 31 heteroatoms. The fraction of sp³-hybridized carbons (Fsp3) is 0.458. The van der Waals surface area contributed by atoms with Gasteiger partial charge in [-0.1, -0.05) is 105 Å². The Kier molecular flexibility index (Phi) is 27.8. The molecule has 3 fully saturated rings. The van der Waals surface area contributed by atoms with Crippen LogP contribution >= 0.6 is 0 Å². The maximum absolute atomic E-state index is 13.0. The quantitative estimate of drug-likeness (QED) is 0.0222.